The molecule has 0 aliphatic carbocycles. The smallest absolute Gasteiger partial charge is 0.325 e. The minimum Gasteiger partial charge on any atom is -0.468 e. The number of hydrogen-bond acceptors (Lipinski definition) is 5. The molecule has 0 bridgehead atoms. The average Bonchev–Trinajstić information content (AvgIpc) is 2.97. The first-order valence-corrected chi connectivity index (χ1v) is 9.39. The van der Waals surface area contributed by atoms with Gasteiger partial charge in [-0.1, -0.05) is 22.9 Å². The molecule has 0 aliphatic rings. The first kappa shape index (κ1) is 19.8. The van der Waals surface area contributed by atoms with Crippen LogP contribution in [0.1, 0.15) is 17.3 Å². The van der Waals surface area contributed by atoms with Crippen LogP contribution in [-0.4, -0.2) is 29.5 Å². The molecule has 0 spiro atoms. The summed E-state index contributed by atoms with van der Waals surface area (Å²) in [5.74, 6) is -1.11. The first-order chi connectivity index (χ1) is 13.4. The Morgan fingerprint density at radius 3 is 2.54 bits per heavy atom. The molecule has 0 saturated carbocycles. The average molecular weight is 418 g/mol. The van der Waals surface area contributed by atoms with E-state index in [1.165, 1.54) is 25.4 Å². The predicted molar refractivity (Wildman–Crippen MR) is 107 cm³/mol. The summed E-state index contributed by atoms with van der Waals surface area (Å²) in [5, 5.41) is 3.22. The molecule has 0 unspecified atom stereocenters. The highest BCUT2D eigenvalue weighted by Crippen LogP contribution is 2.22. The number of rotatable bonds is 4. The number of thiazole rings is 1. The van der Waals surface area contributed by atoms with Crippen molar-refractivity contribution >= 4 is 56.6 Å². The highest BCUT2D eigenvalue weighted by molar-refractivity contribution is 7.16. The van der Waals surface area contributed by atoms with Crippen LogP contribution in [-0.2, 0) is 20.9 Å². The van der Waals surface area contributed by atoms with Gasteiger partial charge in [0.25, 0.3) is 5.91 Å². The SMILES string of the molecule is COC(=O)Cn1c(=NC(=O)c2ccc(Cl)cc2)sc2cc(NC(C)=O)ccc21. The summed E-state index contributed by atoms with van der Waals surface area (Å²) in [6.07, 6.45) is 0. The molecule has 0 fully saturated rings. The molecule has 3 rings (SSSR count). The molecule has 1 aromatic heterocycles. The summed E-state index contributed by atoms with van der Waals surface area (Å²) in [7, 11) is 1.29. The zero-order valence-electron chi connectivity index (χ0n) is 15.1. The van der Waals surface area contributed by atoms with Gasteiger partial charge < -0.3 is 14.6 Å². The van der Waals surface area contributed by atoms with Crippen molar-refractivity contribution in [3.8, 4) is 0 Å². The van der Waals surface area contributed by atoms with Crippen LogP contribution in [0.3, 0.4) is 0 Å². The van der Waals surface area contributed by atoms with E-state index in [9.17, 15) is 14.4 Å². The lowest BCUT2D eigenvalue weighted by molar-refractivity contribution is -0.141. The Balaban J connectivity index is 2.11. The van der Waals surface area contributed by atoms with Gasteiger partial charge in [-0.2, -0.15) is 4.99 Å². The van der Waals surface area contributed by atoms with E-state index in [0.29, 0.717) is 26.6 Å². The van der Waals surface area contributed by atoms with E-state index >= 15 is 0 Å². The van der Waals surface area contributed by atoms with Crippen molar-refractivity contribution in [2.45, 2.75) is 13.5 Å². The number of fused-ring (bicyclic) bond motifs is 1. The van der Waals surface area contributed by atoms with Crippen molar-refractivity contribution in [2.75, 3.05) is 12.4 Å². The number of anilines is 1. The fraction of sp³-hybridized carbons (Fsp3) is 0.158. The van der Waals surface area contributed by atoms with Crippen LogP contribution in [0.2, 0.25) is 5.02 Å². The largest absolute Gasteiger partial charge is 0.468 e. The number of hydrogen-bond donors (Lipinski definition) is 1. The van der Waals surface area contributed by atoms with E-state index in [1.807, 2.05) is 0 Å². The second-order valence-corrected chi connectivity index (χ2v) is 7.28. The zero-order valence-corrected chi connectivity index (χ0v) is 16.6. The van der Waals surface area contributed by atoms with Crippen molar-refractivity contribution < 1.29 is 19.1 Å². The van der Waals surface area contributed by atoms with Crippen LogP contribution >= 0.6 is 22.9 Å². The molecular formula is C19H16ClN3O4S. The minimum atomic E-state index is -0.467. The number of carbonyl (C=O) groups is 3. The predicted octanol–water partition coefficient (Wildman–Crippen LogP) is 3.23. The van der Waals surface area contributed by atoms with Crippen molar-refractivity contribution in [3.63, 3.8) is 0 Å². The Morgan fingerprint density at radius 2 is 1.89 bits per heavy atom. The molecule has 0 radical (unpaired) electrons. The number of benzene rings is 2. The minimum absolute atomic E-state index is 0.0945. The van der Waals surface area contributed by atoms with Gasteiger partial charge in [0, 0.05) is 23.2 Å². The van der Waals surface area contributed by atoms with Crippen LogP contribution in [0.15, 0.2) is 47.5 Å². The lowest BCUT2D eigenvalue weighted by Gasteiger charge is -2.05. The number of nitrogens with one attached hydrogen (secondary N) is 1. The van der Waals surface area contributed by atoms with Gasteiger partial charge in [-0.3, -0.25) is 14.4 Å². The van der Waals surface area contributed by atoms with Crippen molar-refractivity contribution in [1.29, 1.82) is 0 Å². The lowest BCUT2D eigenvalue weighted by Crippen LogP contribution is -2.22. The third-order valence-corrected chi connectivity index (χ3v) is 5.10. The summed E-state index contributed by atoms with van der Waals surface area (Å²) in [4.78, 5) is 40.2. The van der Waals surface area contributed by atoms with Crippen LogP contribution in [0.25, 0.3) is 10.2 Å². The van der Waals surface area contributed by atoms with E-state index in [0.717, 1.165) is 4.70 Å². The number of amides is 2. The molecule has 9 heteroatoms. The Kier molecular flexibility index (Phi) is 5.91. The Bertz CT molecular complexity index is 1130. The third kappa shape index (κ3) is 4.47. The van der Waals surface area contributed by atoms with Gasteiger partial charge in [-0.15, -0.1) is 0 Å². The fourth-order valence-corrected chi connectivity index (χ4v) is 3.72. The topological polar surface area (TPSA) is 89.8 Å². The number of esters is 1. The van der Waals surface area contributed by atoms with Gasteiger partial charge in [0.05, 0.1) is 17.3 Å². The van der Waals surface area contributed by atoms with Crippen LogP contribution in [0, 0.1) is 0 Å². The molecule has 3 aromatic rings. The van der Waals surface area contributed by atoms with Gasteiger partial charge in [-0.05, 0) is 42.5 Å². The number of nitrogens with zero attached hydrogens (tertiary/aromatic N) is 2. The highest BCUT2D eigenvalue weighted by atomic mass is 35.5. The molecule has 7 nitrogen and oxygen atoms in total. The van der Waals surface area contributed by atoms with E-state index in [1.54, 1.807) is 47.0 Å². The first-order valence-electron chi connectivity index (χ1n) is 8.20. The molecule has 0 saturated heterocycles. The summed E-state index contributed by atoms with van der Waals surface area (Å²) in [6, 6.07) is 11.6. The van der Waals surface area contributed by atoms with E-state index in [2.05, 4.69) is 10.3 Å². The molecule has 1 heterocycles. The van der Waals surface area contributed by atoms with Crippen molar-refractivity contribution in [1.82, 2.24) is 4.57 Å². The second-order valence-electron chi connectivity index (χ2n) is 5.83. The van der Waals surface area contributed by atoms with Crippen LogP contribution < -0.4 is 10.1 Å². The standard InChI is InChI=1S/C19H16ClN3O4S/c1-11(24)21-14-7-8-15-16(9-14)28-19(23(15)10-17(25)27-2)22-18(26)12-3-5-13(20)6-4-12/h3-9H,10H2,1-2H3,(H,21,24). The summed E-state index contributed by atoms with van der Waals surface area (Å²) in [5.41, 5.74) is 1.69. The number of aromatic nitrogens is 1. The maximum atomic E-state index is 12.5. The van der Waals surface area contributed by atoms with E-state index in [-0.39, 0.29) is 12.5 Å². The van der Waals surface area contributed by atoms with Gasteiger partial charge in [0.2, 0.25) is 5.91 Å². The van der Waals surface area contributed by atoms with Gasteiger partial charge in [0.1, 0.15) is 6.54 Å². The molecule has 2 amide bonds. The van der Waals surface area contributed by atoms with Gasteiger partial charge in [0.15, 0.2) is 4.80 Å². The molecule has 0 aliphatic heterocycles. The summed E-state index contributed by atoms with van der Waals surface area (Å²) >= 11 is 7.09. The van der Waals surface area contributed by atoms with Crippen LogP contribution in [0.5, 0.6) is 0 Å². The number of ether oxygens (including phenoxy) is 1. The maximum absolute atomic E-state index is 12.5. The van der Waals surface area contributed by atoms with Gasteiger partial charge in [-0.25, -0.2) is 0 Å². The normalized spacial score (nSPS) is 11.5. The molecule has 0 atom stereocenters. The van der Waals surface area contributed by atoms with Gasteiger partial charge >= 0.3 is 5.97 Å². The molecule has 2 aromatic carbocycles. The zero-order chi connectivity index (χ0) is 20.3. The van der Waals surface area contributed by atoms with E-state index < -0.39 is 11.9 Å². The van der Waals surface area contributed by atoms with Crippen LogP contribution in [0.4, 0.5) is 5.69 Å². The molecule has 144 valence electrons. The van der Waals surface area contributed by atoms with E-state index in [4.69, 9.17) is 16.3 Å². The summed E-state index contributed by atoms with van der Waals surface area (Å²) < 4.78 is 7.12. The second kappa shape index (κ2) is 8.37. The molecular weight excluding hydrogens is 402 g/mol. The third-order valence-electron chi connectivity index (χ3n) is 3.81. The molecule has 1 N–H and O–H groups in total. The van der Waals surface area contributed by atoms with Crippen molar-refractivity contribution in [2.24, 2.45) is 4.99 Å². The summed E-state index contributed by atoms with van der Waals surface area (Å²) in [6.45, 7) is 1.32. The quantitative estimate of drug-likeness (QED) is 0.660. The monoisotopic (exact) mass is 417 g/mol. The van der Waals surface area contributed by atoms with Crippen molar-refractivity contribution in [3.05, 3.63) is 57.9 Å². The molecule has 28 heavy (non-hydrogen) atoms. The lowest BCUT2D eigenvalue weighted by atomic mass is 10.2. The fourth-order valence-electron chi connectivity index (χ4n) is 2.53. The maximum Gasteiger partial charge on any atom is 0.325 e. The Morgan fingerprint density at radius 1 is 1.18 bits per heavy atom. The number of halogens is 1. The number of carbonyl (C=O) groups excluding carboxylic acids is 3. The number of methoxy groups -OCH3 is 1. The highest BCUT2D eigenvalue weighted by Gasteiger charge is 2.13. The Hall–Kier alpha value is -2.97. The Labute approximate surface area is 169 Å².